The minimum absolute atomic E-state index is 0.150. The summed E-state index contributed by atoms with van der Waals surface area (Å²) in [5.74, 6) is -0.661. The van der Waals surface area contributed by atoms with Gasteiger partial charge in [-0.05, 0) is 12.3 Å². The molecule has 8 heteroatoms. The van der Waals surface area contributed by atoms with E-state index < -0.39 is 18.0 Å². The predicted octanol–water partition coefficient (Wildman–Crippen LogP) is 1.89. The van der Waals surface area contributed by atoms with Gasteiger partial charge in [0, 0.05) is 6.42 Å². The number of aliphatic carboxylic acids is 1. The molecule has 0 saturated carbocycles. The van der Waals surface area contributed by atoms with Crippen LogP contribution in [-0.4, -0.2) is 33.3 Å². The molecule has 1 rings (SSSR count). The summed E-state index contributed by atoms with van der Waals surface area (Å²) >= 11 is 1.28. The summed E-state index contributed by atoms with van der Waals surface area (Å²) in [6.45, 7) is 7.58. The Labute approximate surface area is 121 Å². The number of urea groups is 1. The summed E-state index contributed by atoms with van der Waals surface area (Å²) < 4.78 is 0. The average Bonchev–Trinajstić information content (AvgIpc) is 2.74. The number of carboxylic acid groups (broad SMARTS) is 1. The molecule has 0 aliphatic carbocycles. The summed E-state index contributed by atoms with van der Waals surface area (Å²) in [6.07, 6.45) is 2.37. The maximum atomic E-state index is 11.7. The van der Waals surface area contributed by atoms with Gasteiger partial charge in [0.05, 0.1) is 0 Å². The smallest absolute Gasteiger partial charge is 0.326 e. The van der Waals surface area contributed by atoms with Gasteiger partial charge in [0.2, 0.25) is 5.13 Å². The molecule has 0 saturated heterocycles. The highest BCUT2D eigenvalue weighted by atomic mass is 32.1. The van der Waals surface area contributed by atoms with Crippen molar-refractivity contribution in [1.82, 2.24) is 15.5 Å². The fourth-order valence-corrected chi connectivity index (χ4v) is 2.36. The molecule has 1 unspecified atom stereocenters. The Hall–Kier alpha value is -1.96. The lowest BCUT2D eigenvalue weighted by Gasteiger charge is -2.11. The Morgan fingerprint density at radius 3 is 2.70 bits per heavy atom. The van der Waals surface area contributed by atoms with Crippen LogP contribution in [0.5, 0.6) is 0 Å². The van der Waals surface area contributed by atoms with Gasteiger partial charge in [-0.25, -0.2) is 9.59 Å². The minimum atomic E-state index is -1.11. The van der Waals surface area contributed by atoms with Gasteiger partial charge in [-0.2, -0.15) is 0 Å². The average molecular weight is 298 g/mol. The third kappa shape index (κ3) is 5.35. The van der Waals surface area contributed by atoms with Gasteiger partial charge >= 0.3 is 12.0 Å². The van der Waals surface area contributed by atoms with Crippen LogP contribution in [0.3, 0.4) is 0 Å². The molecule has 0 bridgehead atoms. The minimum Gasteiger partial charge on any atom is -0.480 e. The molecule has 1 aromatic rings. The third-order valence-electron chi connectivity index (χ3n) is 2.28. The molecule has 0 aromatic carbocycles. The molecule has 0 aliphatic heterocycles. The highest BCUT2D eigenvalue weighted by molar-refractivity contribution is 7.15. The maximum absolute atomic E-state index is 11.7. The van der Waals surface area contributed by atoms with Gasteiger partial charge < -0.3 is 10.4 Å². The van der Waals surface area contributed by atoms with Crippen LogP contribution in [0.15, 0.2) is 12.7 Å². The monoisotopic (exact) mass is 298 g/mol. The lowest BCUT2D eigenvalue weighted by atomic mass is 10.1. The van der Waals surface area contributed by atoms with E-state index in [1.54, 1.807) is 0 Å². The fourth-order valence-electron chi connectivity index (χ4n) is 1.42. The van der Waals surface area contributed by atoms with E-state index in [-0.39, 0.29) is 6.42 Å². The van der Waals surface area contributed by atoms with Crippen molar-refractivity contribution >= 4 is 28.5 Å². The van der Waals surface area contributed by atoms with Crippen molar-refractivity contribution in [2.45, 2.75) is 32.7 Å². The Morgan fingerprint density at radius 1 is 1.45 bits per heavy atom. The van der Waals surface area contributed by atoms with E-state index in [1.807, 2.05) is 0 Å². The summed E-state index contributed by atoms with van der Waals surface area (Å²) in [4.78, 5) is 22.5. The Kier molecular flexibility index (Phi) is 6.10. The zero-order chi connectivity index (χ0) is 15.1. The number of carbonyl (C=O) groups is 2. The topological polar surface area (TPSA) is 104 Å². The Morgan fingerprint density at radius 2 is 2.15 bits per heavy atom. The standard InChI is InChI=1S/C12H18N4O3S/c1-4-5-8(10(17)18)13-11(19)14-12-16-15-9(20-12)6-7(2)3/h4,7-8H,1,5-6H2,2-3H3,(H,17,18)(H2,13,14,16,19). The second-order valence-electron chi connectivity index (χ2n) is 4.61. The van der Waals surface area contributed by atoms with Crippen molar-refractivity contribution in [2.24, 2.45) is 5.92 Å². The highest BCUT2D eigenvalue weighted by Gasteiger charge is 2.19. The normalized spacial score (nSPS) is 11.9. The van der Waals surface area contributed by atoms with Gasteiger partial charge in [-0.3, -0.25) is 5.32 Å². The highest BCUT2D eigenvalue weighted by Crippen LogP contribution is 2.18. The van der Waals surface area contributed by atoms with Gasteiger partial charge in [-0.15, -0.1) is 16.8 Å². The first-order valence-corrected chi connectivity index (χ1v) is 6.97. The molecule has 0 spiro atoms. The molecule has 3 N–H and O–H groups in total. The second kappa shape index (κ2) is 7.59. The van der Waals surface area contributed by atoms with Gasteiger partial charge in [-0.1, -0.05) is 31.3 Å². The molecule has 0 aliphatic rings. The Bertz CT molecular complexity index is 487. The van der Waals surface area contributed by atoms with Gasteiger partial charge in [0.1, 0.15) is 11.0 Å². The molecule has 0 radical (unpaired) electrons. The van der Waals surface area contributed by atoms with Gasteiger partial charge in [0.15, 0.2) is 0 Å². The van der Waals surface area contributed by atoms with Crippen LogP contribution >= 0.6 is 11.3 Å². The first kappa shape index (κ1) is 16.1. The summed E-state index contributed by atoms with van der Waals surface area (Å²) in [5, 5.41) is 22.7. The molecule has 20 heavy (non-hydrogen) atoms. The zero-order valence-corrected chi connectivity index (χ0v) is 12.2. The van der Waals surface area contributed by atoms with E-state index in [9.17, 15) is 9.59 Å². The predicted molar refractivity (Wildman–Crippen MR) is 76.8 cm³/mol. The molecule has 0 fully saturated rings. The number of nitrogens with zero attached hydrogens (tertiary/aromatic N) is 2. The van der Waals surface area contributed by atoms with Crippen molar-refractivity contribution < 1.29 is 14.7 Å². The lowest BCUT2D eigenvalue weighted by molar-refractivity contribution is -0.139. The number of nitrogens with one attached hydrogen (secondary N) is 2. The van der Waals surface area contributed by atoms with E-state index >= 15 is 0 Å². The zero-order valence-electron chi connectivity index (χ0n) is 11.4. The molecule has 1 heterocycles. The molecule has 1 atom stereocenters. The third-order valence-corrected chi connectivity index (χ3v) is 3.14. The number of anilines is 1. The molecule has 110 valence electrons. The van der Waals surface area contributed by atoms with E-state index in [0.29, 0.717) is 11.0 Å². The van der Waals surface area contributed by atoms with E-state index in [1.165, 1.54) is 17.4 Å². The molecule has 2 amide bonds. The number of carboxylic acids is 1. The number of amides is 2. The van der Waals surface area contributed by atoms with Crippen LogP contribution in [0, 0.1) is 5.92 Å². The van der Waals surface area contributed by atoms with E-state index in [2.05, 4.69) is 41.3 Å². The number of carbonyl (C=O) groups excluding carboxylic acids is 1. The van der Waals surface area contributed by atoms with Crippen LogP contribution in [0.2, 0.25) is 0 Å². The van der Waals surface area contributed by atoms with Crippen molar-refractivity contribution in [1.29, 1.82) is 0 Å². The summed E-state index contributed by atoms with van der Waals surface area (Å²) in [7, 11) is 0. The van der Waals surface area contributed by atoms with Crippen LogP contribution in [0.1, 0.15) is 25.3 Å². The van der Waals surface area contributed by atoms with Crippen LogP contribution < -0.4 is 10.6 Å². The van der Waals surface area contributed by atoms with Crippen LogP contribution in [0.4, 0.5) is 9.93 Å². The molecule has 1 aromatic heterocycles. The number of hydrogen-bond acceptors (Lipinski definition) is 5. The van der Waals surface area contributed by atoms with Crippen molar-refractivity contribution in [2.75, 3.05) is 5.32 Å². The number of aromatic nitrogens is 2. The first-order chi connectivity index (χ1) is 9.42. The largest absolute Gasteiger partial charge is 0.480 e. The SMILES string of the molecule is C=CCC(NC(=O)Nc1nnc(CC(C)C)s1)C(=O)O. The maximum Gasteiger partial charge on any atom is 0.326 e. The number of hydrogen-bond donors (Lipinski definition) is 3. The molecule has 7 nitrogen and oxygen atoms in total. The second-order valence-corrected chi connectivity index (χ2v) is 5.67. The van der Waals surface area contributed by atoms with Crippen molar-refractivity contribution in [3.8, 4) is 0 Å². The van der Waals surface area contributed by atoms with Crippen LogP contribution in [0.25, 0.3) is 0 Å². The van der Waals surface area contributed by atoms with Crippen molar-refractivity contribution in [3.05, 3.63) is 17.7 Å². The first-order valence-electron chi connectivity index (χ1n) is 6.16. The quantitative estimate of drug-likeness (QED) is 0.667. The molecular formula is C12H18N4O3S. The number of rotatable bonds is 7. The lowest BCUT2D eigenvalue weighted by Crippen LogP contribution is -2.42. The molecular weight excluding hydrogens is 280 g/mol. The summed E-state index contributed by atoms with van der Waals surface area (Å²) in [5.41, 5.74) is 0. The fraction of sp³-hybridized carbons (Fsp3) is 0.500. The Balaban J connectivity index is 2.55. The van der Waals surface area contributed by atoms with E-state index in [4.69, 9.17) is 5.11 Å². The van der Waals surface area contributed by atoms with E-state index in [0.717, 1.165) is 11.4 Å². The van der Waals surface area contributed by atoms with Crippen molar-refractivity contribution in [3.63, 3.8) is 0 Å². The van der Waals surface area contributed by atoms with Crippen LogP contribution in [-0.2, 0) is 11.2 Å². The summed E-state index contributed by atoms with van der Waals surface area (Å²) in [6, 6.07) is -1.62. The van der Waals surface area contributed by atoms with Gasteiger partial charge in [0.25, 0.3) is 0 Å².